The molecular weight excluding hydrogens is 647 g/mol. The van der Waals surface area contributed by atoms with E-state index in [1.54, 1.807) is 0 Å². The van der Waals surface area contributed by atoms with Crippen molar-refractivity contribution in [1.29, 1.82) is 0 Å². The second kappa shape index (κ2) is 12.3. The van der Waals surface area contributed by atoms with E-state index in [4.69, 9.17) is 15.0 Å². The summed E-state index contributed by atoms with van der Waals surface area (Å²) in [6, 6.07) is 51.5. The molecule has 5 nitrogen and oxygen atoms in total. The third-order valence-corrected chi connectivity index (χ3v) is 10.9. The maximum atomic E-state index is 5.05. The second-order valence-corrected chi connectivity index (χ2v) is 14.4. The Morgan fingerprint density at radius 3 is 1.89 bits per heavy atom. The quantitative estimate of drug-likeness (QED) is 0.181. The van der Waals surface area contributed by atoms with Crippen molar-refractivity contribution in [3.63, 3.8) is 0 Å². The Balaban J connectivity index is 1.19. The third kappa shape index (κ3) is 5.11. The van der Waals surface area contributed by atoms with Crippen molar-refractivity contribution in [2.24, 2.45) is 0 Å². The fourth-order valence-electron chi connectivity index (χ4n) is 8.25. The maximum Gasteiger partial charge on any atom is 0.164 e. The van der Waals surface area contributed by atoms with Crippen LogP contribution in [0.2, 0.25) is 0 Å². The Morgan fingerprint density at radius 1 is 0.528 bits per heavy atom. The minimum atomic E-state index is -0.211. The van der Waals surface area contributed by atoms with Crippen LogP contribution < -0.4 is 4.90 Å². The van der Waals surface area contributed by atoms with Crippen LogP contribution in [-0.2, 0) is 5.41 Å². The summed E-state index contributed by atoms with van der Waals surface area (Å²) < 4.78 is 2.41. The average Bonchev–Trinajstić information content (AvgIpc) is 3.55. The summed E-state index contributed by atoms with van der Waals surface area (Å²) in [4.78, 5) is 17.5. The van der Waals surface area contributed by atoms with Gasteiger partial charge in [0.15, 0.2) is 17.5 Å². The number of hydrogen-bond donors (Lipinski definition) is 0. The van der Waals surface area contributed by atoms with Gasteiger partial charge in [-0.1, -0.05) is 135 Å². The Hall–Kier alpha value is -6.59. The first-order chi connectivity index (χ1) is 26.0. The van der Waals surface area contributed by atoms with Gasteiger partial charge in [-0.15, -0.1) is 0 Å². The van der Waals surface area contributed by atoms with Gasteiger partial charge in [0.1, 0.15) is 0 Å². The normalized spacial score (nSPS) is 14.6. The molecule has 0 saturated heterocycles. The number of hydrogen-bond acceptors (Lipinski definition) is 4. The van der Waals surface area contributed by atoms with Crippen LogP contribution in [0.15, 0.2) is 170 Å². The van der Waals surface area contributed by atoms with Crippen molar-refractivity contribution in [2.45, 2.75) is 32.1 Å². The largest absolute Gasteiger partial charge is 0.314 e. The molecule has 0 unspecified atom stereocenters. The van der Waals surface area contributed by atoms with Crippen LogP contribution in [0.1, 0.15) is 37.8 Å². The molecule has 3 heterocycles. The molecule has 2 aromatic heterocycles. The Labute approximate surface area is 309 Å². The van der Waals surface area contributed by atoms with E-state index in [9.17, 15) is 0 Å². The zero-order valence-electron chi connectivity index (χ0n) is 29.7. The Bertz CT molecular complexity index is 2700. The number of aromatic nitrogens is 4. The molecule has 53 heavy (non-hydrogen) atoms. The average molecular weight is 684 g/mol. The minimum absolute atomic E-state index is 0.211. The molecule has 0 fully saturated rings. The summed E-state index contributed by atoms with van der Waals surface area (Å²) in [5, 5.41) is 2.46. The molecule has 0 amide bonds. The van der Waals surface area contributed by atoms with Crippen LogP contribution in [-0.4, -0.2) is 19.5 Å². The van der Waals surface area contributed by atoms with E-state index in [0.29, 0.717) is 17.5 Å². The van der Waals surface area contributed by atoms with Crippen molar-refractivity contribution >= 4 is 33.2 Å². The van der Waals surface area contributed by atoms with Gasteiger partial charge in [-0.05, 0) is 66.4 Å². The maximum absolute atomic E-state index is 5.05. The molecule has 254 valence electrons. The van der Waals surface area contributed by atoms with Crippen LogP contribution in [0, 0.1) is 0 Å². The highest BCUT2D eigenvalue weighted by molar-refractivity contribution is 6.11. The van der Waals surface area contributed by atoms with Crippen LogP contribution in [0.25, 0.3) is 61.7 Å². The van der Waals surface area contributed by atoms with Gasteiger partial charge in [0.25, 0.3) is 0 Å². The molecule has 2 aliphatic rings. The van der Waals surface area contributed by atoms with Crippen LogP contribution in [0.5, 0.6) is 0 Å². The molecule has 0 atom stereocenters. The molecule has 0 saturated carbocycles. The fraction of sp³-hybridized carbons (Fsp3) is 0.104. The zero-order valence-corrected chi connectivity index (χ0v) is 29.7. The first kappa shape index (κ1) is 31.2. The smallest absolute Gasteiger partial charge is 0.164 e. The summed E-state index contributed by atoms with van der Waals surface area (Å²) in [6.45, 7) is 4.73. The number of fused-ring (bicyclic) bond motifs is 5. The summed E-state index contributed by atoms with van der Waals surface area (Å²) in [6.07, 6.45) is 8.80. The predicted octanol–water partition coefficient (Wildman–Crippen LogP) is 12.0. The molecule has 1 aliphatic carbocycles. The van der Waals surface area contributed by atoms with Crippen LogP contribution in [0.4, 0.5) is 11.4 Å². The lowest BCUT2D eigenvalue weighted by Crippen LogP contribution is -2.32. The first-order valence-corrected chi connectivity index (χ1v) is 18.4. The van der Waals surface area contributed by atoms with Crippen LogP contribution >= 0.6 is 0 Å². The van der Waals surface area contributed by atoms with E-state index in [-0.39, 0.29) is 5.41 Å². The second-order valence-electron chi connectivity index (χ2n) is 14.4. The molecule has 10 rings (SSSR count). The molecule has 0 bridgehead atoms. The number of anilines is 2. The molecule has 1 aliphatic heterocycles. The molecular formula is C48H37N5. The zero-order chi connectivity index (χ0) is 35.5. The van der Waals surface area contributed by atoms with Gasteiger partial charge in [0.05, 0.1) is 16.7 Å². The minimum Gasteiger partial charge on any atom is -0.314 e. The highest BCUT2D eigenvalue weighted by Gasteiger charge is 2.38. The van der Waals surface area contributed by atoms with Gasteiger partial charge >= 0.3 is 0 Å². The van der Waals surface area contributed by atoms with Crippen molar-refractivity contribution in [3.05, 3.63) is 181 Å². The van der Waals surface area contributed by atoms with E-state index < -0.39 is 0 Å². The van der Waals surface area contributed by atoms with E-state index in [1.165, 1.54) is 44.5 Å². The summed E-state index contributed by atoms with van der Waals surface area (Å²) >= 11 is 0. The lowest BCUT2D eigenvalue weighted by atomic mass is 9.73. The van der Waals surface area contributed by atoms with Gasteiger partial charge in [-0.25, -0.2) is 15.0 Å². The predicted molar refractivity (Wildman–Crippen MR) is 218 cm³/mol. The fourth-order valence-corrected chi connectivity index (χ4v) is 8.25. The van der Waals surface area contributed by atoms with Gasteiger partial charge in [0, 0.05) is 49.9 Å². The van der Waals surface area contributed by atoms with Gasteiger partial charge in [-0.3, -0.25) is 0 Å². The third-order valence-electron chi connectivity index (χ3n) is 10.9. The monoisotopic (exact) mass is 683 g/mol. The number of benzene rings is 6. The molecule has 0 N–H and O–H groups in total. The molecule has 0 radical (unpaired) electrons. The van der Waals surface area contributed by atoms with Gasteiger partial charge in [0.2, 0.25) is 0 Å². The topological polar surface area (TPSA) is 46.8 Å². The van der Waals surface area contributed by atoms with Gasteiger partial charge < -0.3 is 9.47 Å². The van der Waals surface area contributed by atoms with Crippen molar-refractivity contribution in [1.82, 2.24) is 19.5 Å². The lowest BCUT2D eigenvalue weighted by molar-refractivity contribution is 0.628. The van der Waals surface area contributed by atoms with E-state index >= 15 is 0 Å². The molecule has 6 aromatic carbocycles. The Morgan fingerprint density at radius 2 is 1.17 bits per heavy atom. The number of para-hydroxylation sites is 2. The molecule has 8 aromatic rings. The summed E-state index contributed by atoms with van der Waals surface area (Å²) in [5.74, 6) is 1.94. The lowest BCUT2D eigenvalue weighted by Gasteiger charge is -2.43. The van der Waals surface area contributed by atoms with Gasteiger partial charge in [-0.2, -0.15) is 0 Å². The number of rotatable bonds is 5. The highest BCUT2D eigenvalue weighted by atomic mass is 15.2. The van der Waals surface area contributed by atoms with Crippen molar-refractivity contribution < 1.29 is 0 Å². The summed E-state index contributed by atoms with van der Waals surface area (Å²) in [7, 11) is 0. The van der Waals surface area contributed by atoms with E-state index in [0.717, 1.165) is 40.7 Å². The molecule has 5 heteroatoms. The van der Waals surface area contributed by atoms with Crippen LogP contribution in [0.3, 0.4) is 0 Å². The first-order valence-electron chi connectivity index (χ1n) is 18.4. The molecule has 0 spiro atoms. The van der Waals surface area contributed by atoms with E-state index in [1.807, 2.05) is 60.7 Å². The number of nitrogens with zero attached hydrogens (tertiary/aromatic N) is 5. The summed E-state index contributed by atoms with van der Waals surface area (Å²) in [5.41, 5.74) is 12.5. The standard InChI is InChI=1S/C48H37N5/c1-48(2)39-26-13-15-28-42(39)52(35-22-10-5-11-23-35)44-30-38-37-25-12-14-27-41(37)53(43(38)31-40(44)48)36-24-16-21-34(29-36)47-50-45(32-17-6-3-7-18-32)49-46(51-47)33-19-8-4-9-20-33/h3-10,12-22,24-31H,11,23H2,1-2H3. The highest BCUT2D eigenvalue weighted by Crippen LogP contribution is 2.53. The van der Waals surface area contributed by atoms with Crippen molar-refractivity contribution in [2.75, 3.05) is 4.90 Å². The van der Waals surface area contributed by atoms with E-state index in [2.05, 4.69) is 126 Å². The SMILES string of the molecule is CC1(C)c2ccccc2N(C2=CC=CCC2)c2cc3c4ccccc4n(-c4cccc(-c5nc(-c6ccccc6)nc(-c6ccccc6)n5)c4)c3cc21. The Kier molecular flexibility index (Phi) is 7.22. The van der Waals surface area contributed by atoms with Crippen molar-refractivity contribution in [3.8, 4) is 39.9 Å². The number of allylic oxidation sites excluding steroid dienone is 4.